The molecule has 1 aromatic carbocycles. The van der Waals surface area contributed by atoms with Crippen molar-refractivity contribution < 1.29 is 9.59 Å². The lowest BCUT2D eigenvalue weighted by Gasteiger charge is -2.33. The Morgan fingerprint density at radius 3 is 2.41 bits per heavy atom. The molecule has 0 atom stereocenters. The fraction of sp³-hybridized carbons (Fsp3) is 0.385. The molecule has 4 heteroatoms. The SMILES string of the molecule is CCN1CCC(=O)N(c2ccc(C)cc2)C1=O. The molecule has 1 saturated heterocycles. The minimum Gasteiger partial charge on any atom is -0.324 e. The maximum Gasteiger partial charge on any atom is 0.331 e. The van der Waals surface area contributed by atoms with Crippen molar-refractivity contribution in [1.82, 2.24) is 4.90 Å². The molecule has 0 N–H and O–H groups in total. The van der Waals surface area contributed by atoms with E-state index < -0.39 is 0 Å². The number of carbonyl (C=O) groups excluding carboxylic acids is 2. The van der Waals surface area contributed by atoms with Crippen LogP contribution in [0.1, 0.15) is 18.9 Å². The van der Waals surface area contributed by atoms with E-state index >= 15 is 0 Å². The summed E-state index contributed by atoms with van der Waals surface area (Å²) in [6.45, 7) is 5.05. The van der Waals surface area contributed by atoms with Gasteiger partial charge in [0.05, 0.1) is 5.69 Å². The number of urea groups is 1. The molecule has 1 fully saturated rings. The Bertz CT molecular complexity index is 439. The van der Waals surface area contributed by atoms with Crippen LogP contribution in [0.25, 0.3) is 0 Å². The first-order chi connectivity index (χ1) is 8.13. The third kappa shape index (κ3) is 2.16. The van der Waals surface area contributed by atoms with Gasteiger partial charge in [0.2, 0.25) is 5.91 Å². The third-order valence-electron chi connectivity index (χ3n) is 2.98. The largest absolute Gasteiger partial charge is 0.331 e. The van der Waals surface area contributed by atoms with Crippen LogP contribution in [0.3, 0.4) is 0 Å². The van der Waals surface area contributed by atoms with Gasteiger partial charge in [0.1, 0.15) is 0 Å². The van der Waals surface area contributed by atoms with Crippen molar-refractivity contribution in [1.29, 1.82) is 0 Å². The highest BCUT2D eigenvalue weighted by atomic mass is 16.2. The molecule has 3 amide bonds. The Hall–Kier alpha value is -1.84. The summed E-state index contributed by atoms with van der Waals surface area (Å²) in [6, 6.07) is 7.21. The van der Waals surface area contributed by atoms with Gasteiger partial charge in [-0.25, -0.2) is 9.69 Å². The van der Waals surface area contributed by atoms with Crippen molar-refractivity contribution in [2.24, 2.45) is 0 Å². The highest BCUT2D eigenvalue weighted by Gasteiger charge is 2.31. The van der Waals surface area contributed by atoms with Gasteiger partial charge in [0.25, 0.3) is 0 Å². The molecule has 17 heavy (non-hydrogen) atoms. The third-order valence-corrected chi connectivity index (χ3v) is 2.98. The lowest BCUT2D eigenvalue weighted by molar-refractivity contribution is -0.119. The topological polar surface area (TPSA) is 40.6 Å². The number of amides is 3. The van der Waals surface area contributed by atoms with Gasteiger partial charge in [-0.05, 0) is 26.0 Å². The van der Waals surface area contributed by atoms with Crippen molar-refractivity contribution in [3.63, 3.8) is 0 Å². The van der Waals surface area contributed by atoms with Gasteiger partial charge in [-0.3, -0.25) is 4.79 Å². The molecular formula is C13H16N2O2. The van der Waals surface area contributed by atoms with Gasteiger partial charge >= 0.3 is 6.03 Å². The van der Waals surface area contributed by atoms with Crippen LogP contribution in [-0.2, 0) is 4.79 Å². The Kier molecular flexibility index (Phi) is 3.13. The zero-order valence-corrected chi connectivity index (χ0v) is 10.1. The van der Waals surface area contributed by atoms with Crippen LogP contribution in [0.5, 0.6) is 0 Å². The Morgan fingerprint density at radius 2 is 1.82 bits per heavy atom. The minimum atomic E-state index is -0.215. The van der Waals surface area contributed by atoms with Crippen LogP contribution in [0.2, 0.25) is 0 Å². The molecule has 0 aliphatic carbocycles. The van der Waals surface area contributed by atoms with E-state index in [9.17, 15) is 9.59 Å². The van der Waals surface area contributed by atoms with E-state index in [1.807, 2.05) is 38.1 Å². The number of benzene rings is 1. The number of aryl methyl sites for hydroxylation is 1. The Labute approximate surface area is 101 Å². The number of hydrogen-bond acceptors (Lipinski definition) is 2. The first-order valence-corrected chi connectivity index (χ1v) is 5.82. The number of imide groups is 1. The number of hydrogen-bond donors (Lipinski definition) is 0. The Balaban J connectivity index is 2.31. The molecule has 1 aliphatic rings. The smallest absolute Gasteiger partial charge is 0.324 e. The average Bonchev–Trinajstić information content (AvgIpc) is 2.32. The van der Waals surface area contributed by atoms with E-state index in [-0.39, 0.29) is 11.9 Å². The molecule has 0 saturated carbocycles. The summed E-state index contributed by atoms with van der Waals surface area (Å²) in [5.74, 6) is -0.122. The van der Waals surface area contributed by atoms with E-state index in [1.165, 1.54) is 4.90 Å². The van der Waals surface area contributed by atoms with E-state index in [2.05, 4.69) is 0 Å². The molecule has 4 nitrogen and oxygen atoms in total. The molecule has 0 spiro atoms. The summed E-state index contributed by atoms with van der Waals surface area (Å²) < 4.78 is 0. The van der Waals surface area contributed by atoms with Crippen LogP contribution >= 0.6 is 0 Å². The second kappa shape index (κ2) is 4.57. The minimum absolute atomic E-state index is 0.122. The second-order valence-corrected chi connectivity index (χ2v) is 4.18. The zero-order valence-electron chi connectivity index (χ0n) is 10.1. The summed E-state index contributed by atoms with van der Waals surface area (Å²) in [6.07, 6.45) is 0.396. The number of nitrogens with zero attached hydrogens (tertiary/aromatic N) is 2. The van der Waals surface area contributed by atoms with Gasteiger partial charge in [-0.15, -0.1) is 0 Å². The molecule has 90 valence electrons. The van der Waals surface area contributed by atoms with Crippen LogP contribution in [0.4, 0.5) is 10.5 Å². The number of anilines is 1. The molecule has 1 heterocycles. The van der Waals surface area contributed by atoms with Gasteiger partial charge in [0.15, 0.2) is 0 Å². The van der Waals surface area contributed by atoms with Crippen molar-refractivity contribution in [2.75, 3.05) is 18.0 Å². The predicted octanol–water partition coefficient (Wildman–Crippen LogP) is 2.17. The first kappa shape index (κ1) is 11.6. The van der Waals surface area contributed by atoms with E-state index in [1.54, 1.807) is 4.90 Å². The zero-order chi connectivity index (χ0) is 12.4. The average molecular weight is 232 g/mol. The quantitative estimate of drug-likeness (QED) is 0.784. The maximum absolute atomic E-state index is 12.1. The van der Waals surface area contributed by atoms with Crippen LogP contribution in [0, 0.1) is 6.92 Å². The van der Waals surface area contributed by atoms with E-state index in [4.69, 9.17) is 0 Å². The monoisotopic (exact) mass is 232 g/mol. The molecule has 0 aromatic heterocycles. The highest BCUT2D eigenvalue weighted by molar-refractivity contribution is 6.15. The highest BCUT2D eigenvalue weighted by Crippen LogP contribution is 2.21. The van der Waals surface area contributed by atoms with Gasteiger partial charge in [-0.2, -0.15) is 0 Å². The van der Waals surface area contributed by atoms with Gasteiger partial charge < -0.3 is 4.90 Å². The summed E-state index contributed by atoms with van der Waals surface area (Å²) in [5.41, 5.74) is 1.77. The second-order valence-electron chi connectivity index (χ2n) is 4.18. The van der Waals surface area contributed by atoms with E-state index in [0.29, 0.717) is 25.2 Å². The Morgan fingerprint density at radius 1 is 1.18 bits per heavy atom. The fourth-order valence-electron chi connectivity index (χ4n) is 1.93. The molecule has 1 aliphatic heterocycles. The molecule has 0 unspecified atom stereocenters. The molecule has 0 radical (unpaired) electrons. The normalized spacial score (nSPS) is 16.6. The summed E-state index contributed by atoms with van der Waals surface area (Å²) in [5, 5.41) is 0. The molecule has 1 aromatic rings. The molecular weight excluding hydrogens is 216 g/mol. The van der Waals surface area contributed by atoms with Gasteiger partial charge in [0, 0.05) is 19.5 Å². The van der Waals surface area contributed by atoms with Crippen molar-refractivity contribution in [3.8, 4) is 0 Å². The lowest BCUT2D eigenvalue weighted by Crippen LogP contribution is -2.52. The number of carbonyl (C=O) groups is 2. The maximum atomic E-state index is 12.1. The van der Waals surface area contributed by atoms with Crippen molar-refractivity contribution in [2.45, 2.75) is 20.3 Å². The lowest BCUT2D eigenvalue weighted by atomic mass is 10.2. The van der Waals surface area contributed by atoms with Crippen LogP contribution in [-0.4, -0.2) is 29.9 Å². The molecule has 0 bridgehead atoms. The van der Waals surface area contributed by atoms with Gasteiger partial charge in [-0.1, -0.05) is 17.7 Å². The summed E-state index contributed by atoms with van der Waals surface area (Å²) in [4.78, 5) is 26.9. The van der Waals surface area contributed by atoms with Crippen LogP contribution < -0.4 is 4.90 Å². The summed E-state index contributed by atoms with van der Waals surface area (Å²) in [7, 11) is 0. The predicted molar refractivity (Wildman–Crippen MR) is 65.9 cm³/mol. The number of rotatable bonds is 2. The fourth-order valence-corrected chi connectivity index (χ4v) is 1.93. The van der Waals surface area contributed by atoms with E-state index in [0.717, 1.165) is 5.56 Å². The molecule has 2 rings (SSSR count). The van der Waals surface area contributed by atoms with Crippen molar-refractivity contribution >= 4 is 17.6 Å². The van der Waals surface area contributed by atoms with Crippen molar-refractivity contribution in [3.05, 3.63) is 29.8 Å². The standard InChI is InChI=1S/C13H16N2O2/c1-3-14-9-8-12(16)15(13(14)17)11-6-4-10(2)5-7-11/h4-7H,3,8-9H2,1-2H3. The first-order valence-electron chi connectivity index (χ1n) is 5.82. The van der Waals surface area contributed by atoms with Crippen LogP contribution in [0.15, 0.2) is 24.3 Å². The summed E-state index contributed by atoms with van der Waals surface area (Å²) >= 11 is 0.